The van der Waals surface area contributed by atoms with Crippen LogP contribution in [0, 0.1) is 23.2 Å². The van der Waals surface area contributed by atoms with Gasteiger partial charge in [-0.3, -0.25) is 9.59 Å². The number of benzene rings is 1. The molecule has 1 aromatic carbocycles. The summed E-state index contributed by atoms with van der Waals surface area (Å²) >= 11 is 0. The Bertz CT molecular complexity index is 1000. The maximum Gasteiger partial charge on any atom is 0.242 e. The SMILES string of the molecule is O=C(Cn1c(CCNC(=O)C23CC4CC(CC(C4)C2)C3)nc2ccccc21)N1CCCC1. The van der Waals surface area contributed by atoms with Crippen molar-refractivity contribution >= 4 is 22.8 Å². The Morgan fingerprint density at radius 3 is 2.34 bits per heavy atom. The Balaban J connectivity index is 1.15. The number of carbonyl (C=O) groups is 2. The second-order valence-electron chi connectivity index (χ2n) is 10.9. The molecule has 1 N–H and O–H groups in total. The van der Waals surface area contributed by atoms with Crippen LogP contribution < -0.4 is 5.32 Å². The third kappa shape index (κ3) is 3.52. The third-order valence-electron chi connectivity index (χ3n) is 8.64. The van der Waals surface area contributed by atoms with Crippen LogP contribution in [0.25, 0.3) is 11.0 Å². The molecule has 0 radical (unpaired) electrons. The third-order valence-corrected chi connectivity index (χ3v) is 8.64. The molecule has 4 bridgehead atoms. The summed E-state index contributed by atoms with van der Waals surface area (Å²) in [6.07, 6.45) is 10.2. The molecule has 6 heteroatoms. The van der Waals surface area contributed by atoms with Crippen molar-refractivity contribution < 1.29 is 9.59 Å². The summed E-state index contributed by atoms with van der Waals surface area (Å²) in [5.41, 5.74) is 1.81. The lowest BCUT2D eigenvalue weighted by Gasteiger charge is -2.55. The van der Waals surface area contributed by atoms with Gasteiger partial charge in [0.1, 0.15) is 12.4 Å². The van der Waals surface area contributed by atoms with Crippen LogP contribution in [0.3, 0.4) is 0 Å². The highest BCUT2D eigenvalue weighted by molar-refractivity contribution is 5.83. The van der Waals surface area contributed by atoms with Crippen molar-refractivity contribution in [2.75, 3.05) is 19.6 Å². The summed E-state index contributed by atoms with van der Waals surface area (Å²) < 4.78 is 2.06. The van der Waals surface area contributed by atoms with Gasteiger partial charge in [-0.15, -0.1) is 0 Å². The minimum absolute atomic E-state index is 0.111. The number of fused-ring (bicyclic) bond motifs is 1. The van der Waals surface area contributed by atoms with E-state index in [0.717, 1.165) is 79.8 Å². The zero-order valence-corrected chi connectivity index (χ0v) is 18.9. The Morgan fingerprint density at radius 1 is 1.00 bits per heavy atom. The Labute approximate surface area is 189 Å². The average Bonchev–Trinajstić information content (AvgIpc) is 3.42. The summed E-state index contributed by atoms with van der Waals surface area (Å²) in [6, 6.07) is 8.03. The van der Waals surface area contributed by atoms with Crippen molar-refractivity contribution in [3.8, 4) is 0 Å². The fourth-order valence-corrected chi connectivity index (χ4v) is 7.56. The number of hydrogen-bond acceptors (Lipinski definition) is 3. The Hall–Kier alpha value is -2.37. The summed E-state index contributed by atoms with van der Waals surface area (Å²) in [4.78, 5) is 32.9. The number of hydrogen-bond donors (Lipinski definition) is 1. The van der Waals surface area contributed by atoms with Crippen molar-refractivity contribution in [2.45, 2.75) is 64.3 Å². The first-order chi connectivity index (χ1) is 15.6. The molecule has 5 fully saturated rings. The number of carbonyl (C=O) groups excluding carboxylic acids is 2. The van der Waals surface area contributed by atoms with Gasteiger partial charge in [0.25, 0.3) is 0 Å². The van der Waals surface area contributed by atoms with Gasteiger partial charge >= 0.3 is 0 Å². The highest BCUT2D eigenvalue weighted by Gasteiger charge is 2.54. The van der Waals surface area contributed by atoms with Gasteiger partial charge in [0.15, 0.2) is 0 Å². The van der Waals surface area contributed by atoms with E-state index in [2.05, 4.69) is 9.88 Å². The lowest BCUT2D eigenvalue weighted by molar-refractivity contribution is -0.146. The van der Waals surface area contributed by atoms with Crippen LogP contribution in [-0.2, 0) is 22.6 Å². The summed E-state index contributed by atoms with van der Waals surface area (Å²) in [6.45, 7) is 2.64. The molecule has 1 saturated heterocycles. The van der Waals surface area contributed by atoms with E-state index in [0.29, 0.717) is 19.5 Å². The molecule has 170 valence electrons. The molecule has 32 heavy (non-hydrogen) atoms. The summed E-state index contributed by atoms with van der Waals surface area (Å²) in [7, 11) is 0. The second kappa shape index (κ2) is 7.89. The molecular formula is C26H34N4O2. The molecule has 5 aliphatic rings. The predicted molar refractivity (Wildman–Crippen MR) is 123 cm³/mol. The number of likely N-dealkylation sites (tertiary alicyclic amines) is 1. The summed E-state index contributed by atoms with van der Waals surface area (Å²) in [5, 5.41) is 3.28. The van der Waals surface area contributed by atoms with Gasteiger partial charge < -0.3 is 14.8 Å². The van der Waals surface area contributed by atoms with Crippen LogP contribution in [0.15, 0.2) is 24.3 Å². The number of nitrogens with one attached hydrogen (secondary N) is 1. The molecule has 6 nitrogen and oxygen atoms in total. The lowest BCUT2D eigenvalue weighted by atomic mass is 9.49. The highest BCUT2D eigenvalue weighted by atomic mass is 16.2. The van der Waals surface area contributed by atoms with E-state index in [9.17, 15) is 9.59 Å². The number of para-hydroxylation sites is 2. The van der Waals surface area contributed by atoms with Crippen molar-refractivity contribution in [1.82, 2.24) is 19.8 Å². The lowest BCUT2D eigenvalue weighted by Crippen LogP contribution is -2.53. The van der Waals surface area contributed by atoms with Gasteiger partial charge in [0.2, 0.25) is 11.8 Å². The normalized spacial score (nSPS) is 30.9. The minimum Gasteiger partial charge on any atom is -0.355 e. The maximum absolute atomic E-state index is 13.3. The van der Waals surface area contributed by atoms with Crippen molar-refractivity contribution in [3.63, 3.8) is 0 Å². The maximum atomic E-state index is 13.3. The fourth-order valence-electron chi connectivity index (χ4n) is 7.56. The van der Waals surface area contributed by atoms with Crippen LogP contribution in [0.2, 0.25) is 0 Å². The monoisotopic (exact) mass is 434 g/mol. The molecule has 2 aromatic rings. The van der Waals surface area contributed by atoms with E-state index in [1.54, 1.807) is 0 Å². The minimum atomic E-state index is -0.111. The Kier molecular flexibility index (Phi) is 4.99. The quantitative estimate of drug-likeness (QED) is 0.756. The average molecular weight is 435 g/mol. The molecule has 7 rings (SSSR count). The highest BCUT2D eigenvalue weighted by Crippen LogP contribution is 2.60. The Morgan fingerprint density at radius 2 is 1.66 bits per heavy atom. The first-order valence-electron chi connectivity index (χ1n) is 12.6. The standard InChI is InChI=1S/C26H34N4O2/c31-24(29-9-3-4-10-29)17-30-22-6-2-1-5-21(22)28-23(30)7-8-27-25(32)26-14-18-11-19(15-26)13-20(12-18)16-26/h1-2,5-6,18-20H,3-4,7-17H2,(H,27,32). The zero-order chi connectivity index (χ0) is 21.7. The van der Waals surface area contributed by atoms with Crippen LogP contribution in [-0.4, -0.2) is 45.9 Å². The van der Waals surface area contributed by atoms with E-state index < -0.39 is 0 Å². The molecule has 4 aliphatic carbocycles. The topological polar surface area (TPSA) is 67.2 Å². The second-order valence-corrected chi connectivity index (χ2v) is 10.9. The van der Waals surface area contributed by atoms with Gasteiger partial charge in [0, 0.05) is 31.5 Å². The van der Waals surface area contributed by atoms with Crippen molar-refractivity contribution in [1.29, 1.82) is 0 Å². The van der Waals surface area contributed by atoms with E-state index in [1.807, 2.05) is 29.2 Å². The van der Waals surface area contributed by atoms with E-state index in [4.69, 9.17) is 4.98 Å². The molecule has 1 aliphatic heterocycles. The zero-order valence-electron chi connectivity index (χ0n) is 18.9. The van der Waals surface area contributed by atoms with E-state index >= 15 is 0 Å². The molecule has 4 saturated carbocycles. The van der Waals surface area contributed by atoms with Gasteiger partial charge in [0.05, 0.1) is 11.0 Å². The number of amides is 2. The first-order valence-corrected chi connectivity index (χ1v) is 12.6. The molecule has 0 spiro atoms. The van der Waals surface area contributed by atoms with Crippen LogP contribution >= 0.6 is 0 Å². The smallest absolute Gasteiger partial charge is 0.242 e. The molecule has 1 aromatic heterocycles. The number of imidazole rings is 1. The van der Waals surface area contributed by atoms with Crippen molar-refractivity contribution in [2.24, 2.45) is 23.2 Å². The fraction of sp³-hybridized carbons (Fsp3) is 0.654. The molecule has 0 atom stereocenters. The summed E-state index contributed by atoms with van der Waals surface area (Å²) in [5.74, 6) is 3.65. The first kappa shape index (κ1) is 20.3. The van der Waals surface area contributed by atoms with Crippen LogP contribution in [0.5, 0.6) is 0 Å². The predicted octanol–water partition coefficient (Wildman–Crippen LogP) is 3.53. The van der Waals surface area contributed by atoms with Crippen molar-refractivity contribution in [3.05, 3.63) is 30.1 Å². The largest absolute Gasteiger partial charge is 0.355 e. The van der Waals surface area contributed by atoms with Gasteiger partial charge in [-0.2, -0.15) is 0 Å². The molecule has 2 heterocycles. The molecule has 0 unspecified atom stereocenters. The van der Waals surface area contributed by atoms with Crippen LogP contribution in [0.4, 0.5) is 0 Å². The van der Waals surface area contributed by atoms with Gasteiger partial charge in [-0.1, -0.05) is 12.1 Å². The number of nitrogens with zero attached hydrogens (tertiary/aromatic N) is 3. The van der Waals surface area contributed by atoms with E-state index in [-0.39, 0.29) is 17.2 Å². The van der Waals surface area contributed by atoms with Gasteiger partial charge in [-0.05, 0) is 81.3 Å². The number of aromatic nitrogens is 2. The van der Waals surface area contributed by atoms with E-state index in [1.165, 1.54) is 19.3 Å². The van der Waals surface area contributed by atoms with Crippen LogP contribution in [0.1, 0.15) is 57.2 Å². The molecular weight excluding hydrogens is 400 g/mol. The van der Waals surface area contributed by atoms with Gasteiger partial charge in [-0.25, -0.2) is 4.98 Å². The molecule has 2 amide bonds. The number of rotatable bonds is 6.